The van der Waals surface area contributed by atoms with Crippen molar-refractivity contribution in [2.75, 3.05) is 41.1 Å². The number of likely N-dealkylation sites (N-methyl/N-ethyl adjacent to an activating group) is 2. The molecule has 9 atom stereocenters. The van der Waals surface area contributed by atoms with E-state index in [1.807, 2.05) is 89.5 Å². The Morgan fingerprint density at radius 1 is 0.904 bits per heavy atom. The van der Waals surface area contributed by atoms with E-state index in [2.05, 4.69) is 10.6 Å². The number of hydrogen-bond acceptors (Lipinski definition) is 9. The number of aliphatic hydroxyl groups excluding tert-OH is 1. The third-order valence-electron chi connectivity index (χ3n) is 10.5. The molecule has 1 aromatic rings. The molecule has 0 saturated carbocycles. The number of nitrogens with zero attached hydrogens (tertiary/aromatic N) is 3. The van der Waals surface area contributed by atoms with Crippen LogP contribution in [0.25, 0.3) is 0 Å². The predicted molar refractivity (Wildman–Crippen MR) is 207 cm³/mol. The Balaban J connectivity index is 2.22. The summed E-state index contributed by atoms with van der Waals surface area (Å²) < 4.78 is 13.8. The normalized spacial score (nSPS) is 19.6. The number of nitrogens with one attached hydrogen (secondary N) is 2. The summed E-state index contributed by atoms with van der Waals surface area (Å²) in [5.74, 6) is -1.67. The fourth-order valence-electron chi connectivity index (χ4n) is 7.54. The first-order valence-corrected chi connectivity index (χ1v) is 19.8. The van der Waals surface area contributed by atoms with Gasteiger partial charge in [0.05, 0.1) is 48.8 Å². The minimum absolute atomic E-state index is 0.0252. The monoisotopic (exact) mass is 749 g/mol. The second-order valence-electron chi connectivity index (χ2n) is 15.2. The number of carbonyl (C=O) groups is 4. The number of benzene rings is 1. The van der Waals surface area contributed by atoms with Gasteiger partial charge in [0, 0.05) is 27.8 Å². The van der Waals surface area contributed by atoms with Gasteiger partial charge < -0.3 is 35.0 Å². The molecule has 1 aliphatic heterocycles. The third kappa shape index (κ3) is 11.6. The van der Waals surface area contributed by atoms with Crippen LogP contribution in [0.2, 0.25) is 0 Å². The van der Waals surface area contributed by atoms with E-state index in [0.717, 1.165) is 6.42 Å². The highest BCUT2D eigenvalue weighted by Gasteiger charge is 2.43. The average Bonchev–Trinajstić information content (AvgIpc) is 3.59. The first kappa shape index (κ1) is 45.4. The van der Waals surface area contributed by atoms with Crippen molar-refractivity contribution in [2.24, 2.45) is 23.7 Å². The van der Waals surface area contributed by atoms with Gasteiger partial charge in [0.2, 0.25) is 23.6 Å². The molecule has 0 bridgehead atoms. The molecule has 1 aliphatic rings. The number of carbonyl (C=O) groups excluding carboxylic acids is 4. The fraction of sp³-hybridized carbons (Fsp3) is 0.744. The summed E-state index contributed by atoms with van der Waals surface area (Å²) in [6, 6.07) is 6.66. The van der Waals surface area contributed by atoms with Crippen molar-refractivity contribution in [2.45, 2.75) is 123 Å². The summed E-state index contributed by atoms with van der Waals surface area (Å²) in [6.07, 6.45) is 1.30. The van der Waals surface area contributed by atoms with Crippen LogP contribution >= 0.6 is 11.9 Å². The Bertz CT molecular complexity index is 1280. The molecule has 0 unspecified atom stereocenters. The van der Waals surface area contributed by atoms with Gasteiger partial charge in [0.25, 0.3) is 0 Å². The van der Waals surface area contributed by atoms with Gasteiger partial charge in [-0.1, -0.05) is 90.7 Å². The van der Waals surface area contributed by atoms with Crippen molar-refractivity contribution in [1.82, 2.24) is 24.7 Å². The predicted octanol–water partition coefficient (Wildman–Crippen LogP) is 4.13. The largest absolute Gasteiger partial charge is 0.386 e. The lowest BCUT2D eigenvalue weighted by molar-refractivity contribution is -0.147. The second-order valence-corrected chi connectivity index (χ2v) is 16.2. The lowest BCUT2D eigenvalue weighted by Crippen LogP contribution is -2.59. The Morgan fingerprint density at radius 2 is 1.52 bits per heavy atom. The molecule has 52 heavy (non-hydrogen) atoms. The lowest BCUT2D eigenvalue weighted by atomic mass is 9.91. The maximum atomic E-state index is 14.1. The van der Waals surface area contributed by atoms with Crippen molar-refractivity contribution in [3.63, 3.8) is 0 Å². The number of methoxy groups -OCH3 is 2. The number of amides is 4. The van der Waals surface area contributed by atoms with Crippen LogP contribution in [-0.4, -0.2) is 126 Å². The molecule has 1 saturated heterocycles. The number of likely N-dealkylation sites (tertiary alicyclic amines) is 1. The van der Waals surface area contributed by atoms with Crippen molar-refractivity contribution in [1.29, 1.82) is 0 Å². The van der Waals surface area contributed by atoms with E-state index in [9.17, 15) is 24.3 Å². The molecular weight excluding hydrogens is 683 g/mol. The zero-order chi connectivity index (χ0) is 39.4. The number of ether oxygens (including phenoxy) is 2. The van der Waals surface area contributed by atoms with Crippen molar-refractivity contribution < 1.29 is 33.8 Å². The van der Waals surface area contributed by atoms with Crippen molar-refractivity contribution >= 4 is 35.6 Å². The summed E-state index contributed by atoms with van der Waals surface area (Å²) in [6.45, 7) is 15.8. The molecule has 1 aromatic carbocycles. The van der Waals surface area contributed by atoms with Crippen LogP contribution in [0.3, 0.4) is 0 Å². The highest BCUT2D eigenvalue weighted by molar-refractivity contribution is 7.96. The third-order valence-corrected chi connectivity index (χ3v) is 11.3. The van der Waals surface area contributed by atoms with E-state index in [1.54, 1.807) is 44.9 Å². The van der Waals surface area contributed by atoms with E-state index in [-0.39, 0.29) is 53.8 Å². The van der Waals surface area contributed by atoms with Crippen LogP contribution in [0.1, 0.15) is 86.3 Å². The van der Waals surface area contributed by atoms with E-state index in [1.165, 1.54) is 11.9 Å². The molecule has 13 heteroatoms. The molecule has 0 aromatic heterocycles. The number of aliphatic hydroxyl groups is 1. The number of rotatable bonds is 20. The summed E-state index contributed by atoms with van der Waals surface area (Å²) in [5, 5.41) is 16.8. The topological polar surface area (TPSA) is 141 Å². The summed E-state index contributed by atoms with van der Waals surface area (Å²) in [7, 11) is 6.69. The SMILES string of the molecule is CO[C@H]([C@@H](C)C(=O)N[C@H](C)[C@@H](O)c1ccccc1)[C@@H]1CCCN1C(=O)C[C@@H](OC)[C@H](C(C)C)N(C)C(=O)[C@@H](NC(=O)[C@H](C(C)C)N(C)SC)C(C)C. The summed E-state index contributed by atoms with van der Waals surface area (Å²) in [5.41, 5.74) is 0.710. The molecule has 12 nitrogen and oxygen atoms in total. The minimum Gasteiger partial charge on any atom is -0.386 e. The first-order chi connectivity index (χ1) is 24.4. The molecule has 0 radical (unpaired) electrons. The molecule has 2 rings (SSSR count). The molecular formula is C39H67N5O7S. The van der Waals surface area contributed by atoms with Gasteiger partial charge in [-0.15, -0.1) is 0 Å². The van der Waals surface area contributed by atoms with E-state index in [4.69, 9.17) is 9.47 Å². The van der Waals surface area contributed by atoms with E-state index >= 15 is 0 Å². The molecule has 0 aliphatic carbocycles. The Labute approximate surface area is 317 Å². The van der Waals surface area contributed by atoms with E-state index in [0.29, 0.717) is 18.5 Å². The fourth-order valence-corrected chi connectivity index (χ4v) is 8.11. The van der Waals surface area contributed by atoms with Gasteiger partial charge in [0.1, 0.15) is 12.1 Å². The zero-order valence-corrected chi connectivity index (χ0v) is 34.6. The molecule has 0 spiro atoms. The Hall–Kier alpha value is -2.71. The highest BCUT2D eigenvalue weighted by atomic mass is 32.2. The van der Waals surface area contributed by atoms with Gasteiger partial charge in [-0.3, -0.25) is 19.2 Å². The highest BCUT2D eigenvalue weighted by Crippen LogP contribution is 2.29. The van der Waals surface area contributed by atoms with Crippen LogP contribution in [0.4, 0.5) is 0 Å². The van der Waals surface area contributed by atoms with Crippen LogP contribution < -0.4 is 10.6 Å². The van der Waals surface area contributed by atoms with Crippen LogP contribution in [0, 0.1) is 23.7 Å². The van der Waals surface area contributed by atoms with Gasteiger partial charge in [-0.2, -0.15) is 0 Å². The quantitative estimate of drug-likeness (QED) is 0.168. The molecule has 3 N–H and O–H groups in total. The smallest absolute Gasteiger partial charge is 0.245 e. The standard InChI is InChI=1S/C39H67N5O7S/c1-23(2)32(41-38(48)34(25(5)6)43(10)52-13)39(49)42(9)33(24(3)4)30(50-11)22-31(45)44-21-17-20-29(44)36(51-12)26(7)37(47)40-27(8)35(46)28-18-15-14-16-19-28/h14-16,18-19,23-27,29-30,32-36,46H,17,20-22H2,1-13H3,(H,40,47)(H,41,48)/t26-,27-,29+,30-,32+,33+,34+,35-,36-/m1/s1. The lowest BCUT2D eigenvalue weighted by Gasteiger charge is -2.40. The van der Waals surface area contributed by atoms with Crippen LogP contribution in [0.15, 0.2) is 30.3 Å². The molecule has 4 amide bonds. The first-order valence-electron chi connectivity index (χ1n) is 18.7. The maximum Gasteiger partial charge on any atom is 0.245 e. The molecule has 1 fully saturated rings. The average molecular weight is 750 g/mol. The molecule has 296 valence electrons. The van der Waals surface area contributed by atoms with E-state index < -0.39 is 48.4 Å². The zero-order valence-electron chi connectivity index (χ0n) is 33.8. The van der Waals surface area contributed by atoms with Gasteiger partial charge in [-0.05, 0) is 56.4 Å². The van der Waals surface area contributed by atoms with Crippen molar-refractivity contribution in [3.8, 4) is 0 Å². The van der Waals surface area contributed by atoms with Crippen LogP contribution in [-0.2, 0) is 28.7 Å². The van der Waals surface area contributed by atoms with Gasteiger partial charge >= 0.3 is 0 Å². The second kappa shape index (κ2) is 21.2. The van der Waals surface area contributed by atoms with Crippen LogP contribution in [0.5, 0.6) is 0 Å². The summed E-state index contributed by atoms with van der Waals surface area (Å²) >= 11 is 1.47. The molecule has 1 heterocycles. The Kier molecular flexibility index (Phi) is 18.6. The number of hydrogen-bond donors (Lipinski definition) is 3. The Morgan fingerprint density at radius 3 is 2.02 bits per heavy atom. The van der Waals surface area contributed by atoms with Gasteiger partial charge in [-0.25, -0.2) is 4.31 Å². The summed E-state index contributed by atoms with van der Waals surface area (Å²) in [4.78, 5) is 58.6. The van der Waals surface area contributed by atoms with Gasteiger partial charge in [0.15, 0.2) is 0 Å². The maximum absolute atomic E-state index is 14.1. The van der Waals surface area contributed by atoms with Crippen molar-refractivity contribution in [3.05, 3.63) is 35.9 Å². The minimum atomic E-state index is -0.876.